The van der Waals surface area contributed by atoms with Crippen molar-refractivity contribution in [1.82, 2.24) is 4.98 Å². The van der Waals surface area contributed by atoms with Crippen LogP contribution in [0.15, 0.2) is 30.5 Å². The molecule has 3 nitrogen and oxygen atoms in total. The Bertz CT molecular complexity index is 644. The first kappa shape index (κ1) is 13.1. The molecule has 0 spiro atoms. The average molecular weight is 267 g/mol. The first-order chi connectivity index (χ1) is 9.04. The molecule has 19 heavy (non-hydrogen) atoms. The molecule has 0 radical (unpaired) electrons. The number of methoxy groups -OCH3 is 1. The molecule has 0 aliphatic carbocycles. The number of carbonyl (C=O) groups excluding carboxylic acids is 1. The summed E-state index contributed by atoms with van der Waals surface area (Å²) in [7, 11) is 1.08. The number of pyridine rings is 1. The van der Waals surface area contributed by atoms with Crippen LogP contribution in [0.2, 0.25) is 0 Å². The van der Waals surface area contributed by atoms with Crippen LogP contribution in [0.1, 0.15) is 10.4 Å². The quantitative estimate of drug-likeness (QED) is 0.620. The Hall–Kier alpha value is -2.37. The van der Waals surface area contributed by atoms with E-state index in [1.165, 1.54) is 12.1 Å². The molecule has 1 heterocycles. The van der Waals surface area contributed by atoms with Crippen LogP contribution in [-0.2, 0) is 4.74 Å². The number of aromatic nitrogens is 1. The van der Waals surface area contributed by atoms with Crippen molar-refractivity contribution in [2.45, 2.75) is 0 Å². The van der Waals surface area contributed by atoms with Gasteiger partial charge < -0.3 is 4.74 Å². The van der Waals surface area contributed by atoms with E-state index in [1.807, 2.05) is 0 Å². The highest BCUT2D eigenvalue weighted by Gasteiger charge is 2.17. The summed E-state index contributed by atoms with van der Waals surface area (Å²) in [6.45, 7) is 0. The van der Waals surface area contributed by atoms with Crippen molar-refractivity contribution in [2.24, 2.45) is 0 Å². The van der Waals surface area contributed by atoms with Gasteiger partial charge in [0.2, 0.25) is 5.95 Å². The molecule has 0 aliphatic rings. The first-order valence-electron chi connectivity index (χ1n) is 5.23. The molecular weight excluding hydrogens is 259 g/mol. The largest absolute Gasteiger partial charge is 0.465 e. The molecule has 98 valence electrons. The van der Waals surface area contributed by atoms with Gasteiger partial charge in [0, 0.05) is 17.3 Å². The fourth-order valence-corrected chi connectivity index (χ4v) is 1.58. The van der Waals surface area contributed by atoms with Gasteiger partial charge in [-0.25, -0.2) is 18.6 Å². The van der Waals surface area contributed by atoms with Gasteiger partial charge in [0.05, 0.1) is 7.11 Å². The van der Waals surface area contributed by atoms with Crippen LogP contribution in [0, 0.1) is 17.6 Å². The summed E-state index contributed by atoms with van der Waals surface area (Å²) in [5.41, 5.74) is -0.472. The van der Waals surface area contributed by atoms with Gasteiger partial charge in [-0.3, -0.25) is 0 Å². The Morgan fingerprint density at radius 3 is 2.68 bits per heavy atom. The van der Waals surface area contributed by atoms with Crippen molar-refractivity contribution in [3.63, 3.8) is 0 Å². The molecule has 0 amide bonds. The third-order valence-electron chi connectivity index (χ3n) is 2.51. The molecule has 6 heteroatoms. The number of halogens is 3. The summed E-state index contributed by atoms with van der Waals surface area (Å²) in [6, 6.07) is 4.62. The highest BCUT2D eigenvalue weighted by Crippen LogP contribution is 2.25. The molecule has 2 rings (SSSR count). The van der Waals surface area contributed by atoms with Crippen molar-refractivity contribution in [3.8, 4) is 11.1 Å². The standard InChI is InChI=1S/C13H8F3NO2/c1-19-13(18)9-5-7(6-17-12(9)16)8-3-2-4-10(14)11(8)15/h2-6H,1H3. The highest BCUT2D eigenvalue weighted by atomic mass is 19.2. The maximum Gasteiger partial charge on any atom is 0.342 e. The molecule has 0 fully saturated rings. The third kappa shape index (κ3) is 2.42. The average Bonchev–Trinajstić information content (AvgIpc) is 2.42. The lowest BCUT2D eigenvalue weighted by Crippen LogP contribution is -2.06. The molecule has 2 aromatic rings. The lowest BCUT2D eigenvalue weighted by Gasteiger charge is -2.06. The Kier molecular flexibility index (Phi) is 3.50. The zero-order chi connectivity index (χ0) is 14.0. The molecule has 0 aliphatic heterocycles. The number of rotatable bonds is 2. The van der Waals surface area contributed by atoms with E-state index in [1.54, 1.807) is 0 Å². The number of benzene rings is 1. The van der Waals surface area contributed by atoms with E-state index in [0.29, 0.717) is 0 Å². The van der Waals surface area contributed by atoms with Crippen LogP contribution < -0.4 is 0 Å². The van der Waals surface area contributed by atoms with Gasteiger partial charge in [0.15, 0.2) is 11.6 Å². The van der Waals surface area contributed by atoms with E-state index in [0.717, 1.165) is 25.4 Å². The van der Waals surface area contributed by atoms with Crippen molar-refractivity contribution in [1.29, 1.82) is 0 Å². The minimum atomic E-state index is -1.09. The van der Waals surface area contributed by atoms with Crippen LogP contribution in [0.4, 0.5) is 13.2 Å². The molecule has 0 bridgehead atoms. The predicted molar refractivity (Wildman–Crippen MR) is 60.9 cm³/mol. The van der Waals surface area contributed by atoms with Crippen LogP contribution in [0.25, 0.3) is 11.1 Å². The minimum absolute atomic E-state index is 0.0822. The Morgan fingerprint density at radius 2 is 2.00 bits per heavy atom. The van der Waals surface area contributed by atoms with E-state index < -0.39 is 29.1 Å². The van der Waals surface area contributed by atoms with E-state index in [4.69, 9.17) is 0 Å². The molecule has 0 saturated carbocycles. The molecule has 0 unspecified atom stereocenters. The SMILES string of the molecule is COC(=O)c1cc(-c2cccc(F)c2F)cnc1F. The zero-order valence-corrected chi connectivity index (χ0v) is 9.78. The van der Waals surface area contributed by atoms with Gasteiger partial charge in [-0.15, -0.1) is 0 Å². The topological polar surface area (TPSA) is 39.2 Å². The van der Waals surface area contributed by atoms with E-state index in [2.05, 4.69) is 9.72 Å². The number of ether oxygens (including phenoxy) is 1. The second kappa shape index (κ2) is 5.09. The van der Waals surface area contributed by atoms with Gasteiger partial charge >= 0.3 is 5.97 Å². The van der Waals surface area contributed by atoms with E-state index >= 15 is 0 Å². The summed E-state index contributed by atoms with van der Waals surface area (Å²) < 4.78 is 44.4. The van der Waals surface area contributed by atoms with Gasteiger partial charge in [-0.1, -0.05) is 12.1 Å². The lowest BCUT2D eigenvalue weighted by atomic mass is 10.1. The van der Waals surface area contributed by atoms with Gasteiger partial charge in [-0.05, 0) is 12.1 Å². The Morgan fingerprint density at radius 1 is 1.26 bits per heavy atom. The van der Waals surface area contributed by atoms with E-state index in [-0.39, 0.29) is 11.1 Å². The summed E-state index contributed by atoms with van der Waals surface area (Å²) in [5.74, 6) is -4.11. The van der Waals surface area contributed by atoms with Crippen LogP contribution in [-0.4, -0.2) is 18.1 Å². The van der Waals surface area contributed by atoms with Crippen LogP contribution >= 0.6 is 0 Å². The Labute approximate surface area is 106 Å². The van der Waals surface area contributed by atoms with Crippen LogP contribution in [0.5, 0.6) is 0 Å². The summed E-state index contributed by atoms with van der Waals surface area (Å²) in [6.07, 6.45) is 1.01. The Balaban J connectivity index is 2.58. The molecule has 1 aromatic heterocycles. The highest BCUT2D eigenvalue weighted by molar-refractivity contribution is 5.90. The maximum atomic E-state index is 13.6. The monoisotopic (exact) mass is 267 g/mol. The number of hydrogen-bond donors (Lipinski definition) is 0. The van der Waals surface area contributed by atoms with Crippen molar-refractivity contribution < 1.29 is 22.7 Å². The fraction of sp³-hybridized carbons (Fsp3) is 0.0769. The molecular formula is C13H8F3NO2. The lowest BCUT2D eigenvalue weighted by molar-refractivity contribution is 0.0594. The second-order valence-corrected chi connectivity index (χ2v) is 3.66. The van der Waals surface area contributed by atoms with Crippen molar-refractivity contribution in [3.05, 3.63) is 53.6 Å². The fourth-order valence-electron chi connectivity index (χ4n) is 1.58. The van der Waals surface area contributed by atoms with Gasteiger partial charge in [0.25, 0.3) is 0 Å². The first-order valence-corrected chi connectivity index (χ1v) is 5.23. The number of hydrogen-bond acceptors (Lipinski definition) is 3. The summed E-state index contributed by atoms with van der Waals surface area (Å²) >= 11 is 0. The number of esters is 1. The summed E-state index contributed by atoms with van der Waals surface area (Å²) in [4.78, 5) is 14.6. The number of nitrogens with zero attached hydrogens (tertiary/aromatic N) is 1. The van der Waals surface area contributed by atoms with Crippen LogP contribution in [0.3, 0.4) is 0 Å². The van der Waals surface area contributed by atoms with Gasteiger partial charge in [0.1, 0.15) is 5.56 Å². The third-order valence-corrected chi connectivity index (χ3v) is 2.51. The predicted octanol–water partition coefficient (Wildman–Crippen LogP) is 2.95. The molecule has 0 saturated heterocycles. The normalized spacial score (nSPS) is 10.3. The second-order valence-electron chi connectivity index (χ2n) is 3.66. The van der Waals surface area contributed by atoms with Crippen molar-refractivity contribution >= 4 is 5.97 Å². The smallest absolute Gasteiger partial charge is 0.342 e. The van der Waals surface area contributed by atoms with E-state index in [9.17, 15) is 18.0 Å². The van der Waals surface area contributed by atoms with Gasteiger partial charge in [-0.2, -0.15) is 4.39 Å². The molecule has 0 N–H and O–H groups in total. The maximum absolute atomic E-state index is 13.6. The number of carbonyl (C=O) groups is 1. The molecule has 0 atom stereocenters. The van der Waals surface area contributed by atoms with Crippen molar-refractivity contribution in [2.75, 3.05) is 7.11 Å². The zero-order valence-electron chi connectivity index (χ0n) is 9.78. The minimum Gasteiger partial charge on any atom is -0.465 e. The molecule has 1 aromatic carbocycles. The summed E-state index contributed by atoms with van der Waals surface area (Å²) in [5, 5.41) is 0.